The van der Waals surface area contributed by atoms with E-state index in [1.54, 1.807) is 5.57 Å². The third-order valence-corrected chi connectivity index (χ3v) is 5.76. The number of hydrogen-bond donors (Lipinski definition) is 1. The van der Waals surface area contributed by atoms with Gasteiger partial charge in [0.05, 0.1) is 0 Å². The summed E-state index contributed by atoms with van der Waals surface area (Å²) in [7, 11) is 0. The smallest absolute Gasteiger partial charge is 0.0282 e. The Morgan fingerprint density at radius 3 is 2.30 bits per heavy atom. The third-order valence-electron chi connectivity index (χ3n) is 5.76. The first-order chi connectivity index (χ1) is 9.48. The van der Waals surface area contributed by atoms with Crippen LogP contribution in [0.15, 0.2) is 11.6 Å². The highest BCUT2D eigenvalue weighted by molar-refractivity contribution is 5.13. The first kappa shape index (κ1) is 16.1. The van der Waals surface area contributed by atoms with E-state index in [1.807, 2.05) is 0 Å². The highest BCUT2D eigenvalue weighted by Gasteiger charge is 2.32. The van der Waals surface area contributed by atoms with Gasteiger partial charge >= 0.3 is 0 Å². The molecule has 1 atom stereocenters. The Balaban J connectivity index is 1.89. The molecule has 0 heterocycles. The Bertz CT molecular complexity index is 315. The first-order valence-corrected chi connectivity index (χ1v) is 8.93. The Kier molecular flexibility index (Phi) is 5.72. The Morgan fingerprint density at radius 1 is 1.00 bits per heavy atom. The molecule has 2 aliphatic rings. The average molecular weight is 277 g/mol. The van der Waals surface area contributed by atoms with Gasteiger partial charge in [-0.15, -0.1) is 0 Å². The molecule has 0 aromatic heterocycles. The van der Waals surface area contributed by atoms with Crippen molar-refractivity contribution in [2.75, 3.05) is 0 Å². The molecule has 116 valence electrons. The molecule has 2 aliphatic carbocycles. The van der Waals surface area contributed by atoms with E-state index in [-0.39, 0.29) is 0 Å². The van der Waals surface area contributed by atoms with Crippen LogP contribution in [0.4, 0.5) is 0 Å². The molecule has 0 aromatic carbocycles. The molecule has 1 unspecified atom stereocenters. The second-order valence-electron chi connectivity index (χ2n) is 8.24. The fourth-order valence-electron chi connectivity index (χ4n) is 4.17. The van der Waals surface area contributed by atoms with E-state index in [0.29, 0.717) is 11.5 Å². The van der Waals surface area contributed by atoms with Crippen LogP contribution in [0.25, 0.3) is 0 Å². The highest BCUT2D eigenvalue weighted by atomic mass is 14.7. The minimum Gasteiger partial charge on any atom is -0.324 e. The lowest BCUT2D eigenvalue weighted by molar-refractivity contribution is 0.143. The molecular weight excluding hydrogens is 242 g/mol. The van der Waals surface area contributed by atoms with Crippen LogP contribution in [0, 0.1) is 17.3 Å². The molecule has 0 spiro atoms. The summed E-state index contributed by atoms with van der Waals surface area (Å²) >= 11 is 0. The average Bonchev–Trinajstić information content (AvgIpc) is 2.37. The summed E-state index contributed by atoms with van der Waals surface area (Å²) in [5, 5.41) is 0. The topological polar surface area (TPSA) is 26.0 Å². The molecule has 0 aliphatic heterocycles. The molecule has 2 rings (SSSR count). The van der Waals surface area contributed by atoms with Gasteiger partial charge in [0.25, 0.3) is 0 Å². The minimum absolute atomic E-state index is 0.356. The lowest BCUT2D eigenvalue weighted by Crippen LogP contribution is -2.37. The normalized spacial score (nSPS) is 31.1. The maximum absolute atomic E-state index is 6.63. The summed E-state index contributed by atoms with van der Waals surface area (Å²) in [5.74, 6) is 1.65. The van der Waals surface area contributed by atoms with Crippen molar-refractivity contribution in [3.05, 3.63) is 11.6 Å². The molecule has 0 saturated heterocycles. The van der Waals surface area contributed by atoms with Crippen LogP contribution < -0.4 is 5.73 Å². The van der Waals surface area contributed by atoms with E-state index in [9.17, 15) is 0 Å². The number of hydrogen-bond acceptors (Lipinski definition) is 1. The van der Waals surface area contributed by atoms with Crippen molar-refractivity contribution in [1.82, 2.24) is 0 Å². The lowest BCUT2D eigenvalue weighted by atomic mass is 9.68. The zero-order valence-electron chi connectivity index (χ0n) is 14.0. The summed E-state index contributed by atoms with van der Waals surface area (Å²) in [6.07, 6.45) is 16.0. The molecule has 1 nitrogen and oxygen atoms in total. The second-order valence-corrected chi connectivity index (χ2v) is 8.24. The zero-order chi connectivity index (χ0) is 14.6. The van der Waals surface area contributed by atoms with Crippen LogP contribution in [0.2, 0.25) is 0 Å². The van der Waals surface area contributed by atoms with Crippen molar-refractivity contribution in [2.45, 2.75) is 91.0 Å². The van der Waals surface area contributed by atoms with Gasteiger partial charge in [-0.2, -0.15) is 0 Å². The molecule has 1 saturated carbocycles. The highest BCUT2D eigenvalue weighted by Crippen LogP contribution is 2.41. The van der Waals surface area contributed by atoms with Crippen LogP contribution in [0.1, 0.15) is 85.0 Å². The maximum atomic E-state index is 6.63. The van der Waals surface area contributed by atoms with Gasteiger partial charge in [-0.1, -0.05) is 45.3 Å². The largest absolute Gasteiger partial charge is 0.324 e. The van der Waals surface area contributed by atoms with E-state index >= 15 is 0 Å². The van der Waals surface area contributed by atoms with Gasteiger partial charge in [0.2, 0.25) is 0 Å². The van der Waals surface area contributed by atoms with Crippen LogP contribution in [-0.4, -0.2) is 6.04 Å². The summed E-state index contributed by atoms with van der Waals surface area (Å²) < 4.78 is 0. The molecule has 0 bridgehead atoms. The molecule has 2 N–H and O–H groups in total. The lowest BCUT2D eigenvalue weighted by Gasteiger charge is -2.39. The number of nitrogens with two attached hydrogens (primary N) is 1. The maximum Gasteiger partial charge on any atom is 0.0282 e. The van der Waals surface area contributed by atoms with Gasteiger partial charge in [0.1, 0.15) is 0 Å². The predicted octanol–water partition coefficient (Wildman–Crippen LogP) is 5.45. The van der Waals surface area contributed by atoms with E-state index in [0.717, 1.165) is 11.8 Å². The number of rotatable bonds is 2. The van der Waals surface area contributed by atoms with Gasteiger partial charge in [-0.3, -0.25) is 0 Å². The van der Waals surface area contributed by atoms with Crippen molar-refractivity contribution in [1.29, 1.82) is 0 Å². The van der Waals surface area contributed by atoms with Gasteiger partial charge in [0, 0.05) is 6.04 Å². The van der Waals surface area contributed by atoms with Gasteiger partial charge < -0.3 is 5.73 Å². The SMILES string of the molecule is CC(C)(C)C1CCC(C(N)C2=CCCCCCC2)CC1. The monoisotopic (exact) mass is 277 g/mol. The Morgan fingerprint density at radius 2 is 1.65 bits per heavy atom. The molecule has 0 aromatic rings. The Labute approximate surface area is 126 Å². The van der Waals surface area contributed by atoms with Crippen molar-refractivity contribution in [3.63, 3.8) is 0 Å². The first-order valence-electron chi connectivity index (χ1n) is 8.93. The van der Waals surface area contributed by atoms with E-state index in [2.05, 4.69) is 26.8 Å². The third kappa shape index (κ3) is 4.35. The molecular formula is C19H35N. The Hall–Kier alpha value is -0.300. The summed E-state index contributed by atoms with van der Waals surface area (Å²) in [6.45, 7) is 7.19. The van der Waals surface area contributed by atoms with Crippen molar-refractivity contribution < 1.29 is 0 Å². The standard InChI is InChI=1S/C19H35N/c1-19(2,3)17-13-11-16(12-14-17)18(20)15-9-7-5-4-6-8-10-15/h9,16-18H,4-8,10-14,20H2,1-3H3. The van der Waals surface area contributed by atoms with Gasteiger partial charge in [-0.05, 0) is 68.6 Å². The van der Waals surface area contributed by atoms with Gasteiger partial charge in [-0.25, -0.2) is 0 Å². The fraction of sp³-hybridized carbons (Fsp3) is 0.895. The molecule has 1 heteroatoms. The summed E-state index contributed by atoms with van der Waals surface area (Å²) in [6, 6.07) is 0.356. The fourth-order valence-corrected chi connectivity index (χ4v) is 4.17. The van der Waals surface area contributed by atoms with E-state index in [4.69, 9.17) is 5.73 Å². The number of allylic oxidation sites excluding steroid dienone is 1. The zero-order valence-corrected chi connectivity index (χ0v) is 14.0. The van der Waals surface area contributed by atoms with Crippen molar-refractivity contribution in [2.24, 2.45) is 23.0 Å². The summed E-state index contributed by atoms with van der Waals surface area (Å²) in [5.41, 5.74) is 8.70. The quantitative estimate of drug-likeness (QED) is 0.668. The molecule has 1 fully saturated rings. The van der Waals surface area contributed by atoms with E-state index in [1.165, 1.54) is 64.2 Å². The predicted molar refractivity (Wildman–Crippen MR) is 88.7 cm³/mol. The second kappa shape index (κ2) is 7.11. The molecule has 20 heavy (non-hydrogen) atoms. The van der Waals surface area contributed by atoms with Crippen LogP contribution in [0.3, 0.4) is 0 Å². The summed E-state index contributed by atoms with van der Waals surface area (Å²) in [4.78, 5) is 0. The van der Waals surface area contributed by atoms with Crippen LogP contribution in [-0.2, 0) is 0 Å². The van der Waals surface area contributed by atoms with Crippen molar-refractivity contribution >= 4 is 0 Å². The minimum atomic E-state index is 0.356. The van der Waals surface area contributed by atoms with E-state index < -0.39 is 0 Å². The molecule has 0 radical (unpaired) electrons. The van der Waals surface area contributed by atoms with Crippen molar-refractivity contribution in [3.8, 4) is 0 Å². The molecule has 0 amide bonds. The van der Waals surface area contributed by atoms with Crippen LogP contribution >= 0.6 is 0 Å². The van der Waals surface area contributed by atoms with Crippen LogP contribution in [0.5, 0.6) is 0 Å². The van der Waals surface area contributed by atoms with Gasteiger partial charge in [0.15, 0.2) is 0 Å².